The summed E-state index contributed by atoms with van der Waals surface area (Å²) in [6.07, 6.45) is 3.80. The lowest BCUT2D eigenvalue weighted by molar-refractivity contribution is 0.101. The van der Waals surface area contributed by atoms with Gasteiger partial charge in [0.15, 0.2) is 0 Å². The van der Waals surface area contributed by atoms with Crippen LogP contribution in [-0.2, 0) is 0 Å². The molecule has 0 saturated heterocycles. The summed E-state index contributed by atoms with van der Waals surface area (Å²) < 4.78 is 5.06. The summed E-state index contributed by atoms with van der Waals surface area (Å²) in [5, 5.41) is 9.39. The smallest absolute Gasteiger partial charge is 0.295 e. The van der Waals surface area contributed by atoms with Crippen LogP contribution in [0.1, 0.15) is 35.2 Å². The Morgan fingerprint density at radius 1 is 1.53 bits per heavy atom. The number of aromatic amines is 1. The average Bonchev–Trinajstić information content (AvgIpc) is 3.17. The van der Waals surface area contributed by atoms with E-state index in [1.807, 2.05) is 0 Å². The number of ether oxygens (including phenoxy) is 1. The first kappa shape index (κ1) is 11.6. The highest BCUT2D eigenvalue weighted by Crippen LogP contribution is 2.37. The Morgan fingerprint density at radius 2 is 2.37 bits per heavy atom. The number of nitrogens with zero attached hydrogens (tertiary/aromatic N) is 3. The molecule has 1 fully saturated rings. The number of carbonyl (C=O) groups excluding carboxylic acids is 1. The Hall–Kier alpha value is -2.44. The summed E-state index contributed by atoms with van der Waals surface area (Å²) >= 11 is 0. The minimum absolute atomic E-state index is 0.132. The quantitative estimate of drug-likeness (QED) is 0.864. The molecule has 2 heterocycles. The second-order valence-electron chi connectivity index (χ2n) is 4.33. The van der Waals surface area contributed by atoms with Crippen molar-refractivity contribution in [2.45, 2.75) is 18.8 Å². The van der Waals surface area contributed by atoms with Gasteiger partial charge in [-0.3, -0.25) is 9.89 Å². The van der Waals surface area contributed by atoms with Gasteiger partial charge in [-0.2, -0.15) is 0 Å². The summed E-state index contributed by atoms with van der Waals surface area (Å²) in [4.78, 5) is 20.2. The van der Waals surface area contributed by atoms with E-state index < -0.39 is 0 Å². The summed E-state index contributed by atoms with van der Waals surface area (Å²) in [5.74, 6) is 1.32. The van der Waals surface area contributed by atoms with Gasteiger partial charge in [-0.1, -0.05) is 0 Å². The fourth-order valence-electron chi connectivity index (χ4n) is 1.74. The Morgan fingerprint density at radius 3 is 3.11 bits per heavy atom. The van der Waals surface area contributed by atoms with Gasteiger partial charge in [0.1, 0.15) is 11.5 Å². The predicted octanol–water partition coefficient (Wildman–Crippen LogP) is 1.34. The van der Waals surface area contributed by atoms with Crippen molar-refractivity contribution >= 4 is 11.6 Å². The first-order valence-corrected chi connectivity index (χ1v) is 6.00. The molecule has 2 N–H and O–H groups in total. The minimum atomic E-state index is -0.380. The van der Waals surface area contributed by atoms with Gasteiger partial charge in [-0.05, 0) is 25.0 Å². The van der Waals surface area contributed by atoms with Crippen molar-refractivity contribution in [1.29, 1.82) is 0 Å². The molecule has 98 valence electrons. The molecule has 1 aliphatic rings. The Balaban J connectivity index is 1.76. The van der Waals surface area contributed by atoms with Crippen LogP contribution >= 0.6 is 0 Å². The van der Waals surface area contributed by atoms with Crippen molar-refractivity contribution in [3.05, 3.63) is 30.0 Å². The van der Waals surface area contributed by atoms with Crippen LogP contribution in [0.15, 0.2) is 18.3 Å². The molecule has 7 nitrogen and oxygen atoms in total. The third-order valence-corrected chi connectivity index (χ3v) is 2.88. The summed E-state index contributed by atoms with van der Waals surface area (Å²) in [6.45, 7) is 0. The van der Waals surface area contributed by atoms with Crippen LogP contribution in [0.2, 0.25) is 0 Å². The highest BCUT2D eigenvalue weighted by molar-refractivity contribution is 6.02. The number of anilines is 1. The zero-order chi connectivity index (χ0) is 13.2. The first-order valence-electron chi connectivity index (χ1n) is 6.00. The van der Waals surface area contributed by atoms with Crippen molar-refractivity contribution in [2.75, 3.05) is 12.4 Å². The fourth-order valence-corrected chi connectivity index (χ4v) is 1.74. The molecule has 0 unspecified atom stereocenters. The van der Waals surface area contributed by atoms with Crippen LogP contribution in [0, 0.1) is 0 Å². The zero-order valence-electron chi connectivity index (χ0n) is 10.4. The van der Waals surface area contributed by atoms with E-state index in [-0.39, 0.29) is 11.7 Å². The molecule has 1 saturated carbocycles. The lowest BCUT2D eigenvalue weighted by Crippen LogP contribution is -2.14. The van der Waals surface area contributed by atoms with Gasteiger partial charge < -0.3 is 10.1 Å². The van der Waals surface area contributed by atoms with Crippen LogP contribution in [0.4, 0.5) is 5.69 Å². The largest absolute Gasteiger partial charge is 0.480 e. The number of hydrogen-bond acceptors (Lipinski definition) is 5. The van der Waals surface area contributed by atoms with Gasteiger partial charge in [0.2, 0.25) is 11.7 Å². The normalized spacial score (nSPS) is 14.2. The molecule has 3 rings (SSSR count). The molecule has 0 atom stereocenters. The highest BCUT2D eigenvalue weighted by atomic mass is 16.5. The molecule has 2 aromatic rings. The zero-order valence-corrected chi connectivity index (χ0v) is 10.4. The van der Waals surface area contributed by atoms with Crippen molar-refractivity contribution in [3.63, 3.8) is 0 Å². The van der Waals surface area contributed by atoms with Crippen LogP contribution in [-0.4, -0.2) is 33.2 Å². The summed E-state index contributed by atoms with van der Waals surface area (Å²) in [6, 6.07) is 3.42. The van der Waals surface area contributed by atoms with E-state index in [4.69, 9.17) is 4.74 Å². The third kappa shape index (κ3) is 2.40. The van der Waals surface area contributed by atoms with Crippen LogP contribution < -0.4 is 10.1 Å². The monoisotopic (exact) mass is 259 g/mol. The molecule has 0 spiro atoms. The number of H-pyrrole nitrogens is 1. The maximum Gasteiger partial charge on any atom is 0.295 e. The topological polar surface area (TPSA) is 92.8 Å². The van der Waals surface area contributed by atoms with Crippen molar-refractivity contribution < 1.29 is 9.53 Å². The van der Waals surface area contributed by atoms with E-state index in [0.717, 1.165) is 18.7 Å². The molecule has 2 aromatic heterocycles. The molecule has 0 bridgehead atoms. The molecule has 0 radical (unpaired) electrons. The lowest BCUT2D eigenvalue weighted by atomic mass is 10.4. The maximum absolute atomic E-state index is 12.0. The number of aromatic nitrogens is 4. The average molecular weight is 259 g/mol. The summed E-state index contributed by atoms with van der Waals surface area (Å²) in [7, 11) is 1.50. The molecule has 7 heteroatoms. The molecule has 1 aliphatic carbocycles. The SMILES string of the molecule is COc1ncccc1NC(=O)c1n[nH]c(C2CC2)n1. The second-order valence-corrected chi connectivity index (χ2v) is 4.33. The first-order chi connectivity index (χ1) is 9.28. The van der Waals surface area contributed by atoms with Crippen molar-refractivity contribution in [3.8, 4) is 5.88 Å². The molecule has 1 amide bonds. The highest BCUT2D eigenvalue weighted by Gasteiger charge is 2.28. The third-order valence-electron chi connectivity index (χ3n) is 2.88. The van der Waals surface area contributed by atoms with Crippen LogP contribution in [0.25, 0.3) is 0 Å². The number of hydrogen-bond donors (Lipinski definition) is 2. The number of amides is 1. The van der Waals surface area contributed by atoms with Gasteiger partial charge >= 0.3 is 0 Å². The van der Waals surface area contributed by atoms with Gasteiger partial charge in [-0.15, -0.1) is 5.10 Å². The fraction of sp³-hybridized carbons (Fsp3) is 0.333. The molecular weight excluding hydrogens is 246 g/mol. The molecule has 19 heavy (non-hydrogen) atoms. The van der Waals surface area contributed by atoms with E-state index in [0.29, 0.717) is 17.5 Å². The van der Waals surface area contributed by atoms with E-state index in [1.165, 1.54) is 7.11 Å². The second kappa shape index (κ2) is 4.68. The standard InChI is InChI=1S/C12H13N5O2/c1-19-12-8(3-2-6-13-12)14-11(18)10-15-9(16-17-10)7-4-5-7/h2-3,6-7H,4-5H2,1H3,(H,14,18)(H,15,16,17). The van der Waals surface area contributed by atoms with E-state index in [2.05, 4.69) is 25.5 Å². The number of nitrogens with one attached hydrogen (secondary N) is 2. The Labute approximate surface area is 109 Å². The van der Waals surface area contributed by atoms with Gasteiger partial charge in [0.25, 0.3) is 5.91 Å². The lowest BCUT2D eigenvalue weighted by Gasteiger charge is -2.06. The number of rotatable bonds is 4. The minimum Gasteiger partial charge on any atom is -0.480 e. The van der Waals surface area contributed by atoms with E-state index in [9.17, 15) is 4.79 Å². The van der Waals surface area contributed by atoms with Crippen LogP contribution in [0.5, 0.6) is 5.88 Å². The molecule has 0 aromatic carbocycles. The predicted molar refractivity (Wildman–Crippen MR) is 67.1 cm³/mol. The van der Waals surface area contributed by atoms with Gasteiger partial charge in [0.05, 0.1) is 7.11 Å². The maximum atomic E-state index is 12.0. The number of methoxy groups -OCH3 is 1. The van der Waals surface area contributed by atoms with E-state index >= 15 is 0 Å². The van der Waals surface area contributed by atoms with E-state index in [1.54, 1.807) is 18.3 Å². The van der Waals surface area contributed by atoms with Crippen LogP contribution in [0.3, 0.4) is 0 Å². The summed E-state index contributed by atoms with van der Waals surface area (Å²) in [5.41, 5.74) is 0.493. The van der Waals surface area contributed by atoms with Crippen molar-refractivity contribution in [2.24, 2.45) is 0 Å². The molecule has 0 aliphatic heterocycles. The molecular formula is C12H13N5O2. The van der Waals surface area contributed by atoms with Gasteiger partial charge in [-0.25, -0.2) is 9.97 Å². The Bertz CT molecular complexity index is 606. The number of pyridine rings is 1. The van der Waals surface area contributed by atoms with Crippen molar-refractivity contribution in [1.82, 2.24) is 20.2 Å². The Kier molecular flexibility index (Phi) is 2.86. The van der Waals surface area contributed by atoms with Gasteiger partial charge in [0, 0.05) is 12.1 Å². The number of carbonyl (C=O) groups is 1.